The summed E-state index contributed by atoms with van der Waals surface area (Å²) < 4.78 is 0. The average Bonchev–Trinajstić information content (AvgIpc) is 3.30. The van der Waals surface area contributed by atoms with Crippen LogP contribution in [0.25, 0.3) is 0 Å². The maximum absolute atomic E-state index is 4.63. The third kappa shape index (κ3) is 4.36. The lowest BCUT2D eigenvalue weighted by atomic mass is 9.93. The van der Waals surface area contributed by atoms with E-state index in [0.717, 1.165) is 12.5 Å². The van der Waals surface area contributed by atoms with Crippen LogP contribution in [0.3, 0.4) is 0 Å². The van der Waals surface area contributed by atoms with Crippen LogP contribution in [0.1, 0.15) is 55.0 Å². The van der Waals surface area contributed by atoms with E-state index in [9.17, 15) is 0 Å². The summed E-state index contributed by atoms with van der Waals surface area (Å²) in [5.41, 5.74) is 3.85. The van der Waals surface area contributed by atoms with Crippen LogP contribution in [0.15, 0.2) is 36.4 Å². The average molecular weight is 353 g/mol. The zero-order valence-corrected chi connectivity index (χ0v) is 16.0. The smallest absolute Gasteiger partial charge is 0.0656 e. The zero-order valence-electron chi connectivity index (χ0n) is 16.0. The van der Waals surface area contributed by atoms with Crippen LogP contribution in [-0.4, -0.2) is 59.3 Å². The van der Waals surface area contributed by atoms with Crippen molar-refractivity contribution in [2.45, 2.75) is 50.5 Å². The fraction of sp³-hybridized carbons (Fsp3) is 0.591. The van der Waals surface area contributed by atoms with E-state index >= 15 is 0 Å². The minimum absolute atomic E-state index is 0.626. The Morgan fingerprint density at radius 1 is 1.08 bits per heavy atom. The molecule has 0 saturated carbocycles. The van der Waals surface area contributed by atoms with Gasteiger partial charge < -0.3 is 9.80 Å². The maximum Gasteiger partial charge on any atom is 0.0656 e. The van der Waals surface area contributed by atoms with E-state index in [1.807, 2.05) is 0 Å². The molecular weight excluding hydrogens is 320 g/mol. The second kappa shape index (κ2) is 8.36. The summed E-state index contributed by atoms with van der Waals surface area (Å²) in [6, 6.07) is 13.7. The van der Waals surface area contributed by atoms with Crippen LogP contribution in [0, 0.1) is 0 Å². The van der Waals surface area contributed by atoms with Crippen LogP contribution in [0.4, 0.5) is 0 Å². The molecule has 26 heavy (non-hydrogen) atoms. The molecule has 3 heterocycles. The molecule has 4 rings (SSSR count). The van der Waals surface area contributed by atoms with E-state index in [2.05, 4.69) is 63.4 Å². The van der Waals surface area contributed by atoms with Crippen LogP contribution in [0.2, 0.25) is 0 Å². The fourth-order valence-electron chi connectivity index (χ4n) is 4.62. The summed E-state index contributed by atoms with van der Waals surface area (Å²) in [7, 11) is 2.29. The van der Waals surface area contributed by atoms with Gasteiger partial charge in [-0.15, -0.1) is 0 Å². The summed E-state index contributed by atoms with van der Waals surface area (Å²) in [6.45, 7) is 5.00. The number of benzene rings is 1. The van der Waals surface area contributed by atoms with Crippen molar-refractivity contribution in [2.24, 2.45) is 0 Å². The maximum atomic E-state index is 4.63. The minimum atomic E-state index is 0.626. The normalized spacial score (nSPS) is 22.9. The van der Waals surface area contributed by atoms with Gasteiger partial charge in [0.25, 0.3) is 0 Å². The molecule has 0 radical (unpaired) electrons. The van der Waals surface area contributed by atoms with Crippen LogP contribution in [0.5, 0.6) is 0 Å². The number of H-pyrrole nitrogens is 1. The summed E-state index contributed by atoms with van der Waals surface area (Å²) in [6.07, 6.45) is 7.55. The van der Waals surface area contributed by atoms with E-state index in [1.54, 1.807) is 0 Å². The number of nitrogens with zero attached hydrogens (tertiary/aromatic N) is 3. The first-order valence-electron chi connectivity index (χ1n) is 10.3. The fourth-order valence-corrected chi connectivity index (χ4v) is 4.62. The molecule has 1 N–H and O–H groups in total. The third-order valence-corrected chi connectivity index (χ3v) is 6.34. The van der Waals surface area contributed by atoms with Crippen molar-refractivity contribution in [3.05, 3.63) is 53.3 Å². The van der Waals surface area contributed by atoms with E-state index in [-0.39, 0.29) is 0 Å². The number of rotatable bonds is 6. The van der Waals surface area contributed by atoms with Gasteiger partial charge in [0.2, 0.25) is 0 Å². The summed E-state index contributed by atoms with van der Waals surface area (Å²) in [4.78, 5) is 5.21. The molecule has 2 saturated heterocycles. The van der Waals surface area contributed by atoms with E-state index < -0.39 is 0 Å². The standard InChI is InChI=1S/C22H32N4/c1-25-12-5-8-21(25)11-15-26-13-9-19(10-14-26)22-17-20(23-24-22)16-18-6-3-2-4-7-18/h2-4,6-7,17,19,21H,5,8-16H2,1H3,(H,23,24). The molecule has 1 aromatic carbocycles. The van der Waals surface area contributed by atoms with Crippen molar-refractivity contribution in [1.82, 2.24) is 20.0 Å². The monoisotopic (exact) mass is 352 g/mol. The van der Waals surface area contributed by atoms with Crippen molar-refractivity contribution in [1.29, 1.82) is 0 Å². The molecule has 140 valence electrons. The van der Waals surface area contributed by atoms with Crippen molar-refractivity contribution >= 4 is 0 Å². The molecule has 1 aromatic heterocycles. The highest BCUT2D eigenvalue weighted by Gasteiger charge is 2.25. The number of hydrogen-bond donors (Lipinski definition) is 1. The zero-order chi connectivity index (χ0) is 17.8. The van der Waals surface area contributed by atoms with Gasteiger partial charge in [0.1, 0.15) is 0 Å². The van der Waals surface area contributed by atoms with Crippen LogP contribution < -0.4 is 0 Å². The van der Waals surface area contributed by atoms with Gasteiger partial charge in [-0.3, -0.25) is 5.10 Å². The lowest BCUT2D eigenvalue weighted by Crippen LogP contribution is -2.36. The van der Waals surface area contributed by atoms with E-state index in [0.29, 0.717) is 5.92 Å². The van der Waals surface area contributed by atoms with E-state index in [4.69, 9.17) is 0 Å². The molecule has 2 aliphatic heterocycles. The quantitative estimate of drug-likeness (QED) is 0.862. The van der Waals surface area contributed by atoms with Gasteiger partial charge in [0.15, 0.2) is 0 Å². The van der Waals surface area contributed by atoms with E-state index in [1.165, 1.54) is 75.2 Å². The van der Waals surface area contributed by atoms with Crippen LogP contribution in [-0.2, 0) is 6.42 Å². The third-order valence-electron chi connectivity index (χ3n) is 6.34. The van der Waals surface area contributed by atoms with Crippen molar-refractivity contribution < 1.29 is 0 Å². The highest BCUT2D eigenvalue weighted by atomic mass is 15.2. The highest BCUT2D eigenvalue weighted by molar-refractivity contribution is 5.23. The Morgan fingerprint density at radius 3 is 2.62 bits per heavy atom. The molecule has 4 nitrogen and oxygen atoms in total. The lowest BCUT2D eigenvalue weighted by molar-refractivity contribution is 0.185. The van der Waals surface area contributed by atoms with Gasteiger partial charge in [0, 0.05) is 24.1 Å². The van der Waals surface area contributed by atoms with Gasteiger partial charge in [0.05, 0.1) is 5.69 Å². The molecule has 1 unspecified atom stereocenters. The SMILES string of the molecule is CN1CCCC1CCN1CCC(c2cc(Cc3ccccc3)[nH]n2)CC1. The number of aromatic amines is 1. The van der Waals surface area contributed by atoms with Crippen LogP contribution >= 0.6 is 0 Å². The number of nitrogens with one attached hydrogen (secondary N) is 1. The minimum Gasteiger partial charge on any atom is -0.303 e. The molecular formula is C22H32N4. The Labute approximate surface area is 157 Å². The number of likely N-dealkylation sites (tertiary alicyclic amines) is 2. The molecule has 0 bridgehead atoms. The number of piperidine rings is 1. The Balaban J connectivity index is 1.24. The Bertz CT molecular complexity index is 672. The largest absolute Gasteiger partial charge is 0.303 e. The molecule has 2 fully saturated rings. The molecule has 2 aliphatic rings. The molecule has 0 spiro atoms. The van der Waals surface area contributed by atoms with Gasteiger partial charge in [-0.05, 0) is 77.0 Å². The molecule has 2 aromatic rings. The molecule has 1 atom stereocenters. The highest BCUT2D eigenvalue weighted by Crippen LogP contribution is 2.28. The first kappa shape index (κ1) is 17.7. The number of hydrogen-bond acceptors (Lipinski definition) is 3. The first-order valence-corrected chi connectivity index (χ1v) is 10.3. The Kier molecular flexibility index (Phi) is 5.71. The van der Waals surface area contributed by atoms with Crippen molar-refractivity contribution in [2.75, 3.05) is 33.2 Å². The second-order valence-electron chi connectivity index (χ2n) is 8.16. The summed E-state index contributed by atoms with van der Waals surface area (Å²) in [5, 5.41) is 7.89. The van der Waals surface area contributed by atoms with Gasteiger partial charge >= 0.3 is 0 Å². The predicted octanol–water partition coefficient (Wildman–Crippen LogP) is 3.66. The van der Waals surface area contributed by atoms with Gasteiger partial charge in [-0.25, -0.2) is 0 Å². The van der Waals surface area contributed by atoms with Crippen molar-refractivity contribution in [3.63, 3.8) is 0 Å². The Morgan fingerprint density at radius 2 is 1.88 bits per heavy atom. The summed E-state index contributed by atoms with van der Waals surface area (Å²) >= 11 is 0. The van der Waals surface area contributed by atoms with Gasteiger partial charge in [-0.1, -0.05) is 30.3 Å². The number of aromatic nitrogens is 2. The molecule has 0 amide bonds. The Hall–Kier alpha value is -1.65. The first-order chi connectivity index (χ1) is 12.8. The second-order valence-corrected chi connectivity index (χ2v) is 8.16. The topological polar surface area (TPSA) is 35.2 Å². The molecule has 0 aliphatic carbocycles. The summed E-state index contributed by atoms with van der Waals surface area (Å²) in [5.74, 6) is 0.626. The lowest BCUT2D eigenvalue weighted by Gasteiger charge is -2.32. The molecule has 4 heteroatoms. The van der Waals surface area contributed by atoms with Crippen molar-refractivity contribution in [3.8, 4) is 0 Å². The van der Waals surface area contributed by atoms with Gasteiger partial charge in [-0.2, -0.15) is 5.10 Å². The predicted molar refractivity (Wildman–Crippen MR) is 107 cm³/mol.